The summed E-state index contributed by atoms with van der Waals surface area (Å²) in [6, 6.07) is 10.4. The highest BCUT2D eigenvalue weighted by Crippen LogP contribution is 2.25. The summed E-state index contributed by atoms with van der Waals surface area (Å²) >= 11 is 1.71. The highest BCUT2D eigenvalue weighted by Gasteiger charge is 2.03. The van der Waals surface area contributed by atoms with Crippen LogP contribution in [-0.2, 0) is 6.54 Å². The third kappa shape index (κ3) is 2.55. The van der Waals surface area contributed by atoms with Crippen LogP contribution >= 0.6 is 11.3 Å². The van der Waals surface area contributed by atoms with Crippen LogP contribution < -0.4 is 10.1 Å². The number of anilines is 1. The molecule has 0 radical (unpaired) electrons. The molecular formula is C13H15NOS. The highest BCUT2D eigenvalue weighted by molar-refractivity contribution is 7.10. The first kappa shape index (κ1) is 11.0. The van der Waals surface area contributed by atoms with Crippen molar-refractivity contribution in [3.8, 4) is 5.75 Å². The van der Waals surface area contributed by atoms with E-state index in [4.69, 9.17) is 4.74 Å². The second kappa shape index (κ2) is 5.03. The summed E-state index contributed by atoms with van der Waals surface area (Å²) in [6.45, 7) is 2.90. The SMILES string of the molecule is COc1ccsc1CNc1cccc(C)c1. The van der Waals surface area contributed by atoms with Crippen LogP contribution in [-0.4, -0.2) is 7.11 Å². The smallest absolute Gasteiger partial charge is 0.134 e. The van der Waals surface area contributed by atoms with Crippen molar-refractivity contribution in [3.05, 3.63) is 46.2 Å². The van der Waals surface area contributed by atoms with E-state index in [0.717, 1.165) is 18.0 Å². The van der Waals surface area contributed by atoms with Crippen molar-refractivity contribution in [1.29, 1.82) is 0 Å². The van der Waals surface area contributed by atoms with Gasteiger partial charge in [-0.05, 0) is 36.1 Å². The molecule has 0 spiro atoms. The summed E-state index contributed by atoms with van der Waals surface area (Å²) < 4.78 is 5.27. The van der Waals surface area contributed by atoms with Crippen LogP contribution in [0.5, 0.6) is 5.75 Å². The lowest BCUT2D eigenvalue weighted by Gasteiger charge is -2.07. The molecule has 0 bridgehead atoms. The van der Waals surface area contributed by atoms with Crippen LogP contribution in [0.15, 0.2) is 35.7 Å². The number of ether oxygens (including phenoxy) is 1. The minimum Gasteiger partial charge on any atom is -0.496 e. The molecule has 2 rings (SSSR count). The van der Waals surface area contributed by atoms with Crippen molar-refractivity contribution < 1.29 is 4.74 Å². The summed E-state index contributed by atoms with van der Waals surface area (Å²) in [5, 5.41) is 5.44. The number of rotatable bonds is 4. The zero-order chi connectivity index (χ0) is 11.4. The van der Waals surface area contributed by atoms with Gasteiger partial charge in [0, 0.05) is 5.69 Å². The van der Waals surface area contributed by atoms with Gasteiger partial charge in [0.15, 0.2) is 0 Å². The van der Waals surface area contributed by atoms with Crippen molar-refractivity contribution in [2.45, 2.75) is 13.5 Å². The number of hydrogen-bond acceptors (Lipinski definition) is 3. The van der Waals surface area contributed by atoms with Gasteiger partial charge in [0.25, 0.3) is 0 Å². The second-order valence-corrected chi connectivity index (χ2v) is 4.64. The molecule has 0 fully saturated rings. The number of methoxy groups -OCH3 is 1. The summed E-state index contributed by atoms with van der Waals surface area (Å²) in [7, 11) is 1.71. The molecule has 2 aromatic rings. The number of hydrogen-bond donors (Lipinski definition) is 1. The molecular weight excluding hydrogens is 218 g/mol. The van der Waals surface area contributed by atoms with E-state index in [2.05, 4.69) is 36.5 Å². The van der Waals surface area contributed by atoms with Crippen molar-refractivity contribution >= 4 is 17.0 Å². The lowest BCUT2D eigenvalue weighted by Crippen LogP contribution is -1.99. The van der Waals surface area contributed by atoms with E-state index < -0.39 is 0 Å². The molecule has 1 aromatic carbocycles. The molecule has 0 aliphatic heterocycles. The zero-order valence-corrected chi connectivity index (χ0v) is 10.3. The maximum Gasteiger partial charge on any atom is 0.134 e. The largest absolute Gasteiger partial charge is 0.496 e. The molecule has 0 aliphatic carbocycles. The van der Waals surface area contributed by atoms with Crippen molar-refractivity contribution in [3.63, 3.8) is 0 Å². The predicted octanol–water partition coefficient (Wildman–Crippen LogP) is 3.68. The van der Waals surface area contributed by atoms with Crippen LogP contribution in [0.2, 0.25) is 0 Å². The van der Waals surface area contributed by atoms with E-state index in [0.29, 0.717) is 0 Å². The van der Waals surface area contributed by atoms with Gasteiger partial charge in [0.2, 0.25) is 0 Å². The standard InChI is InChI=1S/C13H15NOS/c1-10-4-3-5-11(8-10)14-9-13-12(15-2)6-7-16-13/h3-8,14H,9H2,1-2H3. The van der Waals surface area contributed by atoms with Crippen molar-refractivity contribution in [2.24, 2.45) is 0 Å². The van der Waals surface area contributed by atoms with E-state index in [1.807, 2.05) is 11.4 Å². The zero-order valence-electron chi connectivity index (χ0n) is 9.49. The fourth-order valence-electron chi connectivity index (χ4n) is 1.58. The normalized spacial score (nSPS) is 10.1. The maximum absolute atomic E-state index is 5.27. The van der Waals surface area contributed by atoms with Gasteiger partial charge in [-0.15, -0.1) is 11.3 Å². The molecule has 16 heavy (non-hydrogen) atoms. The average molecular weight is 233 g/mol. The van der Waals surface area contributed by atoms with Gasteiger partial charge >= 0.3 is 0 Å². The monoisotopic (exact) mass is 233 g/mol. The molecule has 0 saturated carbocycles. The Morgan fingerprint density at radius 2 is 2.19 bits per heavy atom. The molecule has 1 aromatic heterocycles. The van der Waals surface area contributed by atoms with E-state index in [-0.39, 0.29) is 0 Å². The minimum atomic E-state index is 0.810. The fraction of sp³-hybridized carbons (Fsp3) is 0.231. The summed E-state index contributed by atoms with van der Waals surface area (Å²) in [5.74, 6) is 0.963. The van der Waals surface area contributed by atoms with E-state index in [1.54, 1.807) is 18.4 Å². The lowest BCUT2D eigenvalue weighted by atomic mass is 10.2. The fourth-order valence-corrected chi connectivity index (χ4v) is 2.36. The Bertz CT molecular complexity index is 464. The topological polar surface area (TPSA) is 21.3 Å². The molecule has 0 atom stereocenters. The van der Waals surface area contributed by atoms with E-state index in [1.165, 1.54) is 10.4 Å². The molecule has 0 saturated heterocycles. The Morgan fingerprint density at radius 3 is 2.94 bits per heavy atom. The molecule has 0 aliphatic rings. The maximum atomic E-state index is 5.27. The van der Waals surface area contributed by atoms with Gasteiger partial charge in [-0.25, -0.2) is 0 Å². The quantitative estimate of drug-likeness (QED) is 0.869. The van der Waals surface area contributed by atoms with Crippen LogP contribution in [0.1, 0.15) is 10.4 Å². The number of benzene rings is 1. The van der Waals surface area contributed by atoms with Gasteiger partial charge < -0.3 is 10.1 Å². The molecule has 0 unspecified atom stereocenters. The van der Waals surface area contributed by atoms with Gasteiger partial charge in [-0.3, -0.25) is 0 Å². The minimum absolute atomic E-state index is 0.810. The average Bonchev–Trinajstić information content (AvgIpc) is 2.74. The Morgan fingerprint density at radius 1 is 1.31 bits per heavy atom. The predicted molar refractivity (Wildman–Crippen MR) is 69.4 cm³/mol. The van der Waals surface area contributed by atoms with E-state index >= 15 is 0 Å². The molecule has 2 nitrogen and oxygen atoms in total. The lowest BCUT2D eigenvalue weighted by molar-refractivity contribution is 0.413. The summed E-state index contributed by atoms with van der Waals surface area (Å²) in [5.41, 5.74) is 2.42. The summed E-state index contributed by atoms with van der Waals surface area (Å²) in [6.07, 6.45) is 0. The Kier molecular flexibility index (Phi) is 3.47. The van der Waals surface area contributed by atoms with Crippen LogP contribution in [0.25, 0.3) is 0 Å². The Balaban J connectivity index is 2.02. The molecule has 0 amide bonds. The van der Waals surface area contributed by atoms with Gasteiger partial charge in [0.05, 0.1) is 18.5 Å². The first-order valence-electron chi connectivity index (χ1n) is 5.20. The number of nitrogens with one attached hydrogen (secondary N) is 1. The molecule has 1 heterocycles. The Hall–Kier alpha value is -1.48. The Labute approximate surface area is 99.9 Å². The molecule has 3 heteroatoms. The first-order chi connectivity index (χ1) is 7.79. The van der Waals surface area contributed by atoms with Crippen LogP contribution in [0.4, 0.5) is 5.69 Å². The second-order valence-electron chi connectivity index (χ2n) is 3.64. The summed E-state index contributed by atoms with van der Waals surface area (Å²) in [4.78, 5) is 1.23. The van der Waals surface area contributed by atoms with Gasteiger partial charge in [-0.1, -0.05) is 12.1 Å². The third-order valence-corrected chi connectivity index (χ3v) is 3.30. The highest BCUT2D eigenvalue weighted by atomic mass is 32.1. The van der Waals surface area contributed by atoms with Crippen LogP contribution in [0, 0.1) is 6.92 Å². The number of thiophene rings is 1. The van der Waals surface area contributed by atoms with Crippen molar-refractivity contribution in [2.75, 3.05) is 12.4 Å². The first-order valence-corrected chi connectivity index (χ1v) is 6.08. The number of aryl methyl sites for hydroxylation is 1. The van der Waals surface area contributed by atoms with Crippen LogP contribution in [0.3, 0.4) is 0 Å². The van der Waals surface area contributed by atoms with Gasteiger partial charge in [0.1, 0.15) is 5.75 Å². The third-order valence-electron chi connectivity index (χ3n) is 2.40. The van der Waals surface area contributed by atoms with Crippen molar-refractivity contribution in [1.82, 2.24) is 0 Å². The molecule has 1 N–H and O–H groups in total. The van der Waals surface area contributed by atoms with Gasteiger partial charge in [-0.2, -0.15) is 0 Å². The molecule has 84 valence electrons. The van der Waals surface area contributed by atoms with E-state index in [9.17, 15) is 0 Å².